The second-order valence-corrected chi connectivity index (χ2v) is 5.37. The van der Waals surface area contributed by atoms with E-state index < -0.39 is 0 Å². The van der Waals surface area contributed by atoms with E-state index in [1.807, 2.05) is 0 Å². The summed E-state index contributed by atoms with van der Waals surface area (Å²) in [6, 6.07) is 0. The number of azide groups is 1. The molecule has 2 rings (SSSR count). The summed E-state index contributed by atoms with van der Waals surface area (Å²) in [5.41, 5.74) is 9.11. The summed E-state index contributed by atoms with van der Waals surface area (Å²) in [6.45, 7) is 5.38. The van der Waals surface area contributed by atoms with Crippen LogP contribution in [-0.4, -0.2) is 6.54 Å². The Kier molecular flexibility index (Phi) is 1.81. The highest BCUT2D eigenvalue weighted by molar-refractivity contribution is 5.07. The molecule has 2 unspecified atom stereocenters. The minimum atomic E-state index is 0.337. The predicted molar refractivity (Wildman–Crippen MR) is 52.2 cm³/mol. The van der Waals surface area contributed by atoms with Crippen molar-refractivity contribution >= 4 is 0 Å². The van der Waals surface area contributed by atoms with Gasteiger partial charge in [-0.15, -0.1) is 0 Å². The second-order valence-electron chi connectivity index (χ2n) is 5.37. The third-order valence-corrected chi connectivity index (χ3v) is 4.38. The van der Waals surface area contributed by atoms with E-state index in [0.717, 1.165) is 5.92 Å². The van der Waals surface area contributed by atoms with Crippen molar-refractivity contribution in [2.45, 2.75) is 39.5 Å². The topological polar surface area (TPSA) is 48.8 Å². The monoisotopic (exact) mass is 179 g/mol. The molecule has 13 heavy (non-hydrogen) atoms. The lowest BCUT2D eigenvalue weighted by atomic mass is 9.65. The van der Waals surface area contributed by atoms with Gasteiger partial charge in [0.15, 0.2) is 0 Å². The minimum absolute atomic E-state index is 0.337. The van der Waals surface area contributed by atoms with Crippen LogP contribution in [0.5, 0.6) is 0 Å². The van der Waals surface area contributed by atoms with Crippen molar-refractivity contribution in [3.63, 3.8) is 0 Å². The van der Waals surface area contributed by atoms with Crippen molar-refractivity contribution in [2.24, 2.45) is 21.9 Å². The van der Waals surface area contributed by atoms with Gasteiger partial charge in [0.2, 0.25) is 0 Å². The highest BCUT2D eigenvalue weighted by Crippen LogP contribution is 2.64. The Labute approximate surface area is 79.1 Å². The first-order valence-corrected chi connectivity index (χ1v) is 5.11. The predicted octanol–water partition coefficient (Wildman–Crippen LogP) is 3.51. The van der Waals surface area contributed by atoms with Crippen molar-refractivity contribution in [1.29, 1.82) is 0 Å². The molecule has 72 valence electrons. The van der Waals surface area contributed by atoms with E-state index in [9.17, 15) is 0 Å². The molecule has 0 aromatic rings. The van der Waals surface area contributed by atoms with Crippen LogP contribution in [0.25, 0.3) is 10.4 Å². The first kappa shape index (κ1) is 8.89. The molecule has 2 atom stereocenters. The zero-order valence-electron chi connectivity index (χ0n) is 8.45. The molecule has 0 radical (unpaired) electrons. The van der Waals surface area contributed by atoms with E-state index in [1.54, 1.807) is 0 Å². The molecule has 0 amide bonds. The molecule has 0 aromatic carbocycles. The maximum atomic E-state index is 8.38. The molecule has 2 fully saturated rings. The molecule has 2 saturated carbocycles. The van der Waals surface area contributed by atoms with Crippen LogP contribution in [-0.2, 0) is 0 Å². The molecule has 0 N–H and O–H groups in total. The maximum absolute atomic E-state index is 8.38. The van der Waals surface area contributed by atoms with Gasteiger partial charge in [-0.3, -0.25) is 0 Å². The standard InChI is InChI=1S/C10H17N3/c1-9(2)5-8-3-4-10(9,6-8)7-12-13-11/h8H,3-7H2,1-2H3. The number of nitrogens with zero attached hydrogens (tertiary/aromatic N) is 3. The number of hydrogen-bond donors (Lipinski definition) is 0. The van der Waals surface area contributed by atoms with Crippen LogP contribution in [0.1, 0.15) is 39.5 Å². The Bertz CT molecular complexity index is 265. The van der Waals surface area contributed by atoms with Gasteiger partial charge in [0, 0.05) is 11.5 Å². The van der Waals surface area contributed by atoms with Gasteiger partial charge >= 0.3 is 0 Å². The zero-order chi connectivity index (χ0) is 9.53. The minimum Gasteiger partial charge on any atom is -0.0934 e. The number of hydrogen-bond acceptors (Lipinski definition) is 1. The maximum Gasteiger partial charge on any atom is 0.0319 e. The molecule has 0 heterocycles. The highest BCUT2D eigenvalue weighted by atomic mass is 15.1. The van der Waals surface area contributed by atoms with Gasteiger partial charge in [0.05, 0.1) is 0 Å². The van der Waals surface area contributed by atoms with Crippen LogP contribution >= 0.6 is 0 Å². The smallest absolute Gasteiger partial charge is 0.0319 e. The van der Waals surface area contributed by atoms with Crippen molar-refractivity contribution in [3.05, 3.63) is 10.4 Å². The summed E-state index contributed by atoms with van der Waals surface area (Å²) in [7, 11) is 0. The largest absolute Gasteiger partial charge is 0.0934 e. The Morgan fingerprint density at radius 2 is 2.23 bits per heavy atom. The van der Waals surface area contributed by atoms with E-state index in [1.165, 1.54) is 25.7 Å². The van der Waals surface area contributed by atoms with Crippen molar-refractivity contribution in [2.75, 3.05) is 6.54 Å². The van der Waals surface area contributed by atoms with E-state index in [2.05, 4.69) is 23.9 Å². The lowest BCUT2D eigenvalue weighted by Gasteiger charge is -2.41. The van der Waals surface area contributed by atoms with Gasteiger partial charge in [-0.25, -0.2) is 0 Å². The Balaban J connectivity index is 2.23. The van der Waals surface area contributed by atoms with Gasteiger partial charge in [0.1, 0.15) is 0 Å². The Morgan fingerprint density at radius 1 is 1.46 bits per heavy atom. The van der Waals surface area contributed by atoms with Gasteiger partial charge in [-0.05, 0) is 48.0 Å². The van der Waals surface area contributed by atoms with Crippen LogP contribution in [0.3, 0.4) is 0 Å². The molecular formula is C10H17N3. The molecule has 2 aliphatic rings. The van der Waals surface area contributed by atoms with Gasteiger partial charge in [0.25, 0.3) is 0 Å². The third kappa shape index (κ3) is 1.14. The molecule has 2 bridgehead atoms. The van der Waals surface area contributed by atoms with E-state index >= 15 is 0 Å². The number of fused-ring (bicyclic) bond motifs is 2. The summed E-state index contributed by atoms with van der Waals surface area (Å²) < 4.78 is 0. The Hall–Kier alpha value is -0.690. The molecule has 0 aliphatic heterocycles. The molecule has 0 spiro atoms. The van der Waals surface area contributed by atoms with E-state index in [-0.39, 0.29) is 0 Å². The third-order valence-electron chi connectivity index (χ3n) is 4.38. The van der Waals surface area contributed by atoms with Crippen LogP contribution < -0.4 is 0 Å². The van der Waals surface area contributed by atoms with Crippen LogP contribution in [0.4, 0.5) is 0 Å². The molecule has 3 nitrogen and oxygen atoms in total. The Morgan fingerprint density at radius 3 is 2.69 bits per heavy atom. The van der Waals surface area contributed by atoms with Crippen molar-refractivity contribution in [1.82, 2.24) is 0 Å². The fourth-order valence-electron chi connectivity index (χ4n) is 3.49. The molecule has 0 aromatic heterocycles. The highest BCUT2D eigenvalue weighted by Gasteiger charge is 2.55. The lowest BCUT2D eigenvalue weighted by molar-refractivity contribution is 0.101. The summed E-state index contributed by atoms with van der Waals surface area (Å²) >= 11 is 0. The van der Waals surface area contributed by atoms with Crippen molar-refractivity contribution in [3.8, 4) is 0 Å². The SMILES string of the molecule is CC1(C)CC2CCC1(CN=[N+]=[N-])C2. The quantitative estimate of drug-likeness (QED) is 0.354. The van der Waals surface area contributed by atoms with Crippen LogP contribution in [0, 0.1) is 16.7 Å². The van der Waals surface area contributed by atoms with E-state index in [4.69, 9.17) is 5.53 Å². The molecule has 3 heteroatoms. The average molecular weight is 179 g/mol. The average Bonchev–Trinajstić information content (AvgIpc) is 2.54. The normalized spacial score (nSPS) is 40.3. The summed E-state index contributed by atoms with van der Waals surface area (Å²) in [6.07, 6.45) is 5.24. The van der Waals surface area contributed by atoms with Crippen molar-refractivity contribution < 1.29 is 0 Å². The summed E-state index contributed by atoms with van der Waals surface area (Å²) in [5, 5.41) is 3.80. The summed E-state index contributed by atoms with van der Waals surface area (Å²) in [5.74, 6) is 0.906. The summed E-state index contributed by atoms with van der Waals surface area (Å²) in [4.78, 5) is 2.90. The van der Waals surface area contributed by atoms with Gasteiger partial charge in [-0.1, -0.05) is 19.0 Å². The lowest BCUT2D eigenvalue weighted by Crippen LogP contribution is -2.35. The first-order chi connectivity index (χ1) is 6.10. The first-order valence-electron chi connectivity index (χ1n) is 5.11. The fraction of sp³-hybridized carbons (Fsp3) is 1.00. The van der Waals surface area contributed by atoms with Gasteiger partial charge < -0.3 is 0 Å². The zero-order valence-corrected chi connectivity index (χ0v) is 8.45. The van der Waals surface area contributed by atoms with Gasteiger partial charge in [-0.2, -0.15) is 0 Å². The fourth-order valence-corrected chi connectivity index (χ4v) is 3.49. The molecule has 2 aliphatic carbocycles. The number of rotatable bonds is 2. The molecular weight excluding hydrogens is 162 g/mol. The van der Waals surface area contributed by atoms with Crippen LogP contribution in [0.2, 0.25) is 0 Å². The molecule has 0 saturated heterocycles. The van der Waals surface area contributed by atoms with E-state index in [0.29, 0.717) is 17.4 Å². The van der Waals surface area contributed by atoms with Crippen LogP contribution in [0.15, 0.2) is 5.11 Å². The second kappa shape index (κ2) is 2.65.